The second-order valence-electron chi connectivity index (χ2n) is 6.08. The van der Waals surface area contributed by atoms with Gasteiger partial charge in [0.25, 0.3) is 0 Å². The zero-order valence-electron chi connectivity index (χ0n) is 13.6. The van der Waals surface area contributed by atoms with Crippen molar-refractivity contribution < 1.29 is 8.42 Å². The van der Waals surface area contributed by atoms with Gasteiger partial charge in [-0.1, -0.05) is 12.1 Å². The van der Waals surface area contributed by atoms with Crippen LogP contribution in [-0.2, 0) is 29.4 Å². The molecule has 3 aromatic rings. The molecule has 1 aliphatic rings. The molecule has 0 spiro atoms. The van der Waals surface area contributed by atoms with Crippen molar-refractivity contribution >= 4 is 10.0 Å². The number of sulfonamides is 1. The molecule has 0 saturated carbocycles. The molecular formula is C18H18N4O2S. The Bertz CT molecular complexity index is 980. The van der Waals surface area contributed by atoms with Crippen molar-refractivity contribution in [3.05, 3.63) is 71.7 Å². The molecule has 2 aromatic heterocycles. The minimum atomic E-state index is -3.53. The lowest BCUT2D eigenvalue weighted by atomic mass is 10.1. The standard InChI is InChI=1S/C18H18N4O2S/c23-25(24,17-7-6-15-3-1-4-16(15)11-17)21-13-14-5-8-18(19-12-14)22-10-2-9-20-22/h2,5-12,21H,1,3-4,13H2. The Balaban J connectivity index is 1.47. The average Bonchev–Trinajstić information content (AvgIpc) is 3.31. The minimum absolute atomic E-state index is 0.200. The molecule has 25 heavy (non-hydrogen) atoms. The lowest BCUT2D eigenvalue weighted by molar-refractivity contribution is 0.581. The van der Waals surface area contributed by atoms with Crippen molar-refractivity contribution in [3.63, 3.8) is 0 Å². The van der Waals surface area contributed by atoms with Crippen LogP contribution in [0.25, 0.3) is 5.82 Å². The molecule has 0 aliphatic heterocycles. The molecule has 7 heteroatoms. The van der Waals surface area contributed by atoms with Crippen molar-refractivity contribution in [1.82, 2.24) is 19.5 Å². The van der Waals surface area contributed by atoms with Gasteiger partial charge in [-0.25, -0.2) is 22.8 Å². The first-order valence-electron chi connectivity index (χ1n) is 8.18. The summed E-state index contributed by atoms with van der Waals surface area (Å²) in [5.41, 5.74) is 3.20. The molecule has 2 heterocycles. The number of aryl methyl sites for hydroxylation is 2. The van der Waals surface area contributed by atoms with E-state index in [2.05, 4.69) is 14.8 Å². The molecule has 6 nitrogen and oxygen atoms in total. The van der Waals surface area contributed by atoms with E-state index in [0.717, 1.165) is 30.4 Å². The van der Waals surface area contributed by atoms with E-state index in [1.807, 2.05) is 24.3 Å². The zero-order chi connectivity index (χ0) is 17.3. The molecule has 0 saturated heterocycles. The number of hydrogen-bond acceptors (Lipinski definition) is 4. The van der Waals surface area contributed by atoms with E-state index < -0.39 is 10.0 Å². The molecule has 128 valence electrons. The zero-order valence-corrected chi connectivity index (χ0v) is 14.4. The predicted molar refractivity (Wildman–Crippen MR) is 93.9 cm³/mol. The van der Waals surface area contributed by atoms with Gasteiger partial charge in [-0.05, 0) is 60.2 Å². The maximum Gasteiger partial charge on any atom is 0.240 e. The molecule has 0 atom stereocenters. The lowest BCUT2D eigenvalue weighted by Gasteiger charge is -2.09. The van der Waals surface area contributed by atoms with Gasteiger partial charge in [0.15, 0.2) is 5.82 Å². The van der Waals surface area contributed by atoms with Crippen LogP contribution in [0.15, 0.2) is 59.9 Å². The third-order valence-electron chi connectivity index (χ3n) is 4.39. The number of nitrogens with zero attached hydrogens (tertiary/aromatic N) is 3. The van der Waals surface area contributed by atoms with Crippen LogP contribution >= 0.6 is 0 Å². The van der Waals surface area contributed by atoms with E-state index in [4.69, 9.17) is 0 Å². The van der Waals surface area contributed by atoms with Crippen molar-refractivity contribution in [2.75, 3.05) is 0 Å². The quantitative estimate of drug-likeness (QED) is 0.762. The first-order chi connectivity index (χ1) is 12.1. The molecule has 0 unspecified atom stereocenters. The predicted octanol–water partition coefficient (Wildman–Crippen LogP) is 2.23. The summed E-state index contributed by atoms with van der Waals surface area (Å²) in [6, 6.07) is 10.9. The topological polar surface area (TPSA) is 76.9 Å². The van der Waals surface area contributed by atoms with Gasteiger partial charge in [0.2, 0.25) is 10.0 Å². The number of hydrogen-bond donors (Lipinski definition) is 1. The summed E-state index contributed by atoms with van der Waals surface area (Å²) in [6.07, 6.45) is 8.23. The van der Waals surface area contributed by atoms with E-state index in [-0.39, 0.29) is 6.54 Å². The second kappa shape index (κ2) is 6.42. The van der Waals surface area contributed by atoms with Crippen LogP contribution in [0.2, 0.25) is 0 Å². The van der Waals surface area contributed by atoms with E-state index in [9.17, 15) is 8.42 Å². The monoisotopic (exact) mass is 354 g/mol. The van der Waals surface area contributed by atoms with E-state index in [1.54, 1.807) is 35.4 Å². The van der Waals surface area contributed by atoms with Crippen LogP contribution in [0.5, 0.6) is 0 Å². The van der Waals surface area contributed by atoms with Gasteiger partial charge in [-0.3, -0.25) is 0 Å². The van der Waals surface area contributed by atoms with Gasteiger partial charge in [-0.15, -0.1) is 0 Å². The molecule has 0 amide bonds. The molecule has 1 aromatic carbocycles. The maximum absolute atomic E-state index is 12.5. The van der Waals surface area contributed by atoms with Gasteiger partial charge in [0, 0.05) is 25.1 Å². The average molecular weight is 354 g/mol. The van der Waals surface area contributed by atoms with Crippen LogP contribution in [0, 0.1) is 0 Å². The highest BCUT2D eigenvalue weighted by Crippen LogP contribution is 2.24. The summed E-state index contributed by atoms with van der Waals surface area (Å²) in [5.74, 6) is 0.690. The Morgan fingerprint density at radius 3 is 2.76 bits per heavy atom. The molecule has 0 fully saturated rings. The second-order valence-corrected chi connectivity index (χ2v) is 7.85. The number of aromatic nitrogens is 3. The number of fused-ring (bicyclic) bond motifs is 1. The highest BCUT2D eigenvalue weighted by atomic mass is 32.2. The van der Waals surface area contributed by atoms with Crippen molar-refractivity contribution in [2.24, 2.45) is 0 Å². The fraction of sp³-hybridized carbons (Fsp3) is 0.222. The van der Waals surface area contributed by atoms with Crippen LogP contribution in [0.4, 0.5) is 0 Å². The number of rotatable bonds is 5. The Labute approximate surface area is 146 Å². The molecule has 4 rings (SSSR count). The fourth-order valence-electron chi connectivity index (χ4n) is 3.04. The van der Waals surface area contributed by atoms with Crippen molar-refractivity contribution in [2.45, 2.75) is 30.7 Å². The Morgan fingerprint density at radius 1 is 1.12 bits per heavy atom. The van der Waals surface area contributed by atoms with Gasteiger partial charge in [0.05, 0.1) is 4.90 Å². The van der Waals surface area contributed by atoms with E-state index >= 15 is 0 Å². The van der Waals surface area contributed by atoms with Crippen LogP contribution in [0.1, 0.15) is 23.1 Å². The molecule has 1 aliphatic carbocycles. The van der Waals surface area contributed by atoms with Gasteiger partial charge in [0.1, 0.15) is 0 Å². The first kappa shape index (κ1) is 16.0. The number of nitrogens with one attached hydrogen (secondary N) is 1. The molecule has 1 N–H and O–H groups in total. The summed E-state index contributed by atoms with van der Waals surface area (Å²) < 4.78 is 29.3. The van der Waals surface area contributed by atoms with Crippen molar-refractivity contribution in [3.8, 4) is 5.82 Å². The normalized spacial score (nSPS) is 13.8. The lowest BCUT2D eigenvalue weighted by Crippen LogP contribution is -2.23. The van der Waals surface area contributed by atoms with Crippen LogP contribution in [-0.4, -0.2) is 23.2 Å². The highest BCUT2D eigenvalue weighted by Gasteiger charge is 2.18. The molecule has 0 radical (unpaired) electrons. The molecule has 0 bridgehead atoms. The third-order valence-corrected chi connectivity index (χ3v) is 5.79. The first-order valence-corrected chi connectivity index (χ1v) is 9.66. The smallest absolute Gasteiger partial charge is 0.237 e. The Hall–Kier alpha value is -2.51. The summed E-state index contributed by atoms with van der Waals surface area (Å²) in [7, 11) is -3.53. The van der Waals surface area contributed by atoms with Crippen LogP contribution < -0.4 is 4.72 Å². The van der Waals surface area contributed by atoms with Crippen LogP contribution in [0.3, 0.4) is 0 Å². The minimum Gasteiger partial charge on any atom is -0.237 e. The molecular weight excluding hydrogens is 336 g/mol. The summed E-state index contributed by atoms with van der Waals surface area (Å²) in [5, 5.41) is 4.11. The maximum atomic E-state index is 12.5. The SMILES string of the molecule is O=S(=O)(NCc1ccc(-n2cccn2)nc1)c1ccc2c(c1)CCC2. The highest BCUT2D eigenvalue weighted by molar-refractivity contribution is 7.89. The summed E-state index contributed by atoms with van der Waals surface area (Å²) >= 11 is 0. The van der Waals surface area contributed by atoms with Crippen molar-refractivity contribution in [1.29, 1.82) is 0 Å². The Kier molecular flexibility index (Phi) is 4.10. The van der Waals surface area contributed by atoms with E-state index in [1.165, 1.54) is 5.56 Å². The number of pyridine rings is 1. The Morgan fingerprint density at radius 2 is 2.00 bits per heavy atom. The van der Waals surface area contributed by atoms with Gasteiger partial charge >= 0.3 is 0 Å². The summed E-state index contributed by atoms with van der Waals surface area (Å²) in [4.78, 5) is 4.64. The van der Waals surface area contributed by atoms with E-state index in [0.29, 0.717) is 10.7 Å². The number of benzene rings is 1. The fourth-order valence-corrected chi connectivity index (χ4v) is 4.11. The van der Waals surface area contributed by atoms with Gasteiger partial charge in [-0.2, -0.15) is 5.10 Å². The van der Waals surface area contributed by atoms with Gasteiger partial charge < -0.3 is 0 Å². The summed E-state index contributed by atoms with van der Waals surface area (Å²) in [6.45, 7) is 0.200. The largest absolute Gasteiger partial charge is 0.240 e. The third kappa shape index (κ3) is 3.33.